The number of hydrogen-bond acceptors (Lipinski definition) is 7. The quantitative estimate of drug-likeness (QED) is 0.263. The van der Waals surface area contributed by atoms with Gasteiger partial charge in [0.1, 0.15) is 29.8 Å². The van der Waals surface area contributed by atoms with Crippen molar-refractivity contribution in [1.82, 2.24) is 29.7 Å². The molecule has 2 heterocycles. The van der Waals surface area contributed by atoms with Crippen LogP contribution in [-0.4, -0.2) is 54.8 Å². The summed E-state index contributed by atoms with van der Waals surface area (Å²) < 4.78 is 63.3. The molecule has 0 radical (unpaired) electrons. The molecule has 0 saturated heterocycles. The summed E-state index contributed by atoms with van der Waals surface area (Å²) >= 11 is 0. The monoisotopic (exact) mass is 543 g/mol. The van der Waals surface area contributed by atoms with E-state index in [1.54, 1.807) is 18.4 Å². The molecule has 37 heavy (non-hydrogen) atoms. The van der Waals surface area contributed by atoms with Crippen LogP contribution < -0.4 is 15.9 Å². The zero-order valence-electron chi connectivity index (χ0n) is 20.7. The van der Waals surface area contributed by atoms with Crippen LogP contribution in [0.15, 0.2) is 36.9 Å². The largest absolute Gasteiger partial charge is 0.480 e. The number of aliphatic carboxylic acids is 1. The van der Waals surface area contributed by atoms with E-state index in [0.717, 1.165) is 5.56 Å². The number of fused-ring (bicyclic) bond motifs is 1. The summed E-state index contributed by atoms with van der Waals surface area (Å²) in [5, 5.41) is 14.0. The van der Waals surface area contributed by atoms with E-state index < -0.39 is 43.6 Å². The average molecular weight is 543 g/mol. The van der Waals surface area contributed by atoms with E-state index in [2.05, 4.69) is 25.1 Å². The van der Waals surface area contributed by atoms with Crippen molar-refractivity contribution in [3.63, 3.8) is 0 Å². The average Bonchev–Trinajstić information content (AvgIpc) is 3.20. The molecular weight excluding hydrogens is 514 g/mol. The number of nitrogen functional groups attached to an aromatic ring is 1. The number of imidazole rings is 1. The molecule has 0 saturated carbocycles. The molecule has 3 aromatic rings. The highest BCUT2D eigenvalue weighted by molar-refractivity contribution is 7.59. The number of hydrogen-bond donors (Lipinski definition) is 4. The second-order valence-electron chi connectivity index (χ2n) is 9.23. The molecule has 0 aliphatic heterocycles. The summed E-state index contributed by atoms with van der Waals surface area (Å²) in [4.78, 5) is 23.8. The topological polar surface area (TPSA) is 157 Å². The van der Waals surface area contributed by atoms with Crippen LogP contribution in [0.25, 0.3) is 11.2 Å². The minimum Gasteiger partial charge on any atom is -0.480 e. The molecule has 0 spiro atoms. The highest BCUT2D eigenvalue weighted by atomic mass is 31.2. The second kappa shape index (κ2) is 10.7. The summed E-state index contributed by atoms with van der Waals surface area (Å²) in [5.74, 6) is -1.22. The summed E-state index contributed by atoms with van der Waals surface area (Å²) in [7, 11) is -4.32. The van der Waals surface area contributed by atoms with E-state index in [-0.39, 0.29) is 17.9 Å². The van der Waals surface area contributed by atoms with Crippen LogP contribution in [0.1, 0.15) is 37.9 Å². The third kappa shape index (κ3) is 7.04. The Labute approximate surface area is 211 Å². The lowest BCUT2D eigenvalue weighted by atomic mass is 10.1. The number of aromatic nitrogens is 4. The molecule has 3 rings (SSSR count). The number of benzene rings is 1. The fourth-order valence-corrected chi connectivity index (χ4v) is 5.88. The Balaban J connectivity index is 1.85. The van der Waals surface area contributed by atoms with E-state index in [4.69, 9.17) is 10.5 Å². The van der Waals surface area contributed by atoms with E-state index in [1.807, 2.05) is 0 Å². The molecule has 0 bridgehead atoms. The number of ether oxygens (including phenoxy) is 1. The first-order valence-corrected chi connectivity index (χ1v) is 13.1. The maximum absolute atomic E-state index is 14.1. The Morgan fingerprint density at radius 3 is 2.46 bits per heavy atom. The number of anilines is 1. The predicted molar refractivity (Wildman–Crippen MR) is 131 cm³/mol. The first kappa shape index (κ1) is 28.5. The molecule has 11 nitrogen and oxygen atoms in total. The molecular formula is C22H29F3N7O4P. The highest BCUT2D eigenvalue weighted by Gasteiger charge is 2.46. The second-order valence-corrected chi connectivity index (χ2v) is 11.4. The lowest BCUT2D eigenvalue weighted by Crippen LogP contribution is -2.49. The van der Waals surface area contributed by atoms with Gasteiger partial charge in [-0.2, -0.15) is 13.2 Å². The first-order valence-electron chi connectivity index (χ1n) is 11.2. The van der Waals surface area contributed by atoms with E-state index in [0.29, 0.717) is 11.2 Å². The fraction of sp³-hybridized carbons (Fsp3) is 0.455. The van der Waals surface area contributed by atoms with Crippen molar-refractivity contribution >= 4 is 30.4 Å². The summed E-state index contributed by atoms with van der Waals surface area (Å²) in [6.07, 6.45) is -3.52. The predicted octanol–water partition coefficient (Wildman–Crippen LogP) is 3.62. The van der Waals surface area contributed by atoms with Crippen LogP contribution in [0.3, 0.4) is 0 Å². The van der Waals surface area contributed by atoms with Crippen molar-refractivity contribution < 1.29 is 32.4 Å². The molecule has 0 fully saturated rings. The van der Waals surface area contributed by atoms with Gasteiger partial charge in [-0.25, -0.2) is 25.1 Å². The van der Waals surface area contributed by atoms with Crippen LogP contribution in [0.2, 0.25) is 0 Å². The Bertz CT molecular complexity index is 1300. The number of alkyl halides is 3. The Morgan fingerprint density at radius 2 is 1.86 bits per heavy atom. The standard InChI is InChI=1S/C22H29F3N7O4P/c1-13-5-7-15(8-6-13)17(22(23,24)25)30-37(35,31-21(3,4)20(33)34)12-36-14(2)9-32-11-29-16-18(26)27-10-28-19(16)32/h5-8,10-11,14,17H,9,12H2,1-4H3,(H,33,34)(H2,26,27,28)(H2,30,31,35)/t14-,17-,37-/m1/s1. The SMILES string of the molecule is Cc1ccc([C@@H](N[P@](=O)(CO[C@H](C)Cn2cnc3c(N)ncnc32)NC(C)(C)C(=O)O)C(F)(F)F)cc1. The Kier molecular flexibility index (Phi) is 8.27. The van der Waals surface area contributed by atoms with E-state index >= 15 is 0 Å². The van der Waals surface area contributed by atoms with Gasteiger partial charge in [0.05, 0.1) is 19.0 Å². The zero-order chi connectivity index (χ0) is 27.6. The van der Waals surface area contributed by atoms with Crippen molar-refractivity contribution in [1.29, 1.82) is 0 Å². The van der Waals surface area contributed by atoms with Gasteiger partial charge in [-0.1, -0.05) is 29.8 Å². The molecule has 2 aromatic heterocycles. The van der Waals surface area contributed by atoms with Gasteiger partial charge >= 0.3 is 12.1 Å². The maximum atomic E-state index is 14.1. The zero-order valence-corrected chi connectivity index (χ0v) is 21.5. The molecule has 0 unspecified atom stereocenters. The number of rotatable bonds is 11. The molecule has 202 valence electrons. The molecule has 0 amide bonds. The lowest BCUT2D eigenvalue weighted by molar-refractivity contribution is -0.153. The van der Waals surface area contributed by atoms with Crippen molar-refractivity contribution in [3.8, 4) is 0 Å². The summed E-state index contributed by atoms with van der Waals surface area (Å²) in [6, 6.07) is 3.20. The smallest absolute Gasteiger partial charge is 0.408 e. The number of aryl methyl sites for hydroxylation is 1. The van der Waals surface area contributed by atoms with Gasteiger partial charge < -0.3 is 20.1 Å². The number of halogens is 3. The number of carboxylic acid groups (broad SMARTS) is 1. The van der Waals surface area contributed by atoms with Gasteiger partial charge in [0.2, 0.25) is 7.44 Å². The van der Waals surface area contributed by atoms with Gasteiger partial charge in [-0.15, -0.1) is 0 Å². The Morgan fingerprint density at radius 1 is 1.22 bits per heavy atom. The summed E-state index contributed by atoms with van der Waals surface area (Å²) in [5.41, 5.74) is 5.32. The van der Waals surface area contributed by atoms with Crippen LogP contribution in [0, 0.1) is 6.92 Å². The van der Waals surface area contributed by atoms with E-state index in [1.165, 1.54) is 50.8 Å². The first-order chi connectivity index (χ1) is 17.1. The van der Waals surface area contributed by atoms with Gasteiger partial charge in [0.15, 0.2) is 11.5 Å². The fourth-order valence-electron chi connectivity index (χ4n) is 3.50. The number of carboxylic acids is 1. The molecule has 0 aliphatic rings. The van der Waals surface area contributed by atoms with Crippen LogP contribution in [0.4, 0.5) is 19.0 Å². The van der Waals surface area contributed by atoms with Gasteiger partial charge in [-0.05, 0) is 33.3 Å². The van der Waals surface area contributed by atoms with Gasteiger partial charge in [0, 0.05) is 0 Å². The van der Waals surface area contributed by atoms with Gasteiger partial charge in [0.25, 0.3) is 0 Å². The van der Waals surface area contributed by atoms with Crippen LogP contribution >= 0.6 is 7.44 Å². The third-order valence-corrected chi connectivity index (χ3v) is 7.60. The maximum Gasteiger partial charge on any atom is 0.408 e. The molecule has 1 aromatic carbocycles. The van der Waals surface area contributed by atoms with Crippen molar-refractivity contribution in [3.05, 3.63) is 48.0 Å². The highest BCUT2D eigenvalue weighted by Crippen LogP contribution is 2.46. The molecule has 15 heteroatoms. The molecule has 5 N–H and O–H groups in total. The minimum atomic E-state index is -4.83. The normalized spacial score (nSPS) is 15.9. The van der Waals surface area contributed by atoms with Crippen molar-refractivity contribution in [2.24, 2.45) is 0 Å². The Hall–Kier alpha value is -3.06. The van der Waals surface area contributed by atoms with Crippen LogP contribution in [-0.2, 0) is 20.6 Å². The van der Waals surface area contributed by atoms with Gasteiger partial charge in [-0.3, -0.25) is 9.36 Å². The number of carbonyl (C=O) groups is 1. The van der Waals surface area contributed by atoms with Crippen LogP contribution in [0.5, 0.6) is 0 Å². The minimum absolute atomic E-state index is 0.149. The van der Waals surface area contributed by atoms with Crippen molar-refractivity contribution in [2.75, 3.05) is 12.1 Å². The van der Waals surface area contributed by atoms with Crippen molar-refractivity contribution in [2.45, 2.75) is 58.1 Å². The van der Waals surface area contributed by atoms with E-state index in [9.17, 15) is 27.6 Å². The number of nitrogens with two attached hydrogens (primary N) is 1. The molecule has 0 aliphatic carbocycles. The third-order valence-electron chi connectivity index (χ3n) is 5.49. The lowest BCUT2D eigenvalue weighted by Gasteiger charge is -2.33. The molecule has 3 atom stereocenters. The summed E-state index contributed by atoms with van der Waals surface area (Å²) in [6.45, 7) is 5.88. The number of nitrogens with one attached hydrogen (secondary N) is 2. The number of nitrogens with zero attached hydrogens (tertiary/aromatic N) is 4.